The first-order valence-corrected chi connectivity index (χ1v) is 18.4. The first-order chi connectivity index (χ1) is 24.5. The van der Waals surface area contributed by atoms with E-state index in [0.29, 0.717) is 30.4 Å². The second-order valence-corrected chi connectivity index (χ2v) is 15.5. The van der Waals surface area contributed by atoms with Crippen LogP contribution >= 0.6 is 23.2 Å². The summed E-state index contributed by atoms with van der Waals surface area (Å²) >= 11 is 13.1. The Morgan fingerprint density at radius 1 is 1.02 bits per heavy atom. The molecular weight excluding hydrogens is 687 g/mol. The zero-order chi connectivity index (χ0) is 35.9. The number of nitrogens with zero attached hydrogens (tertiary/aromatic N) is 7. The van der Waals surface area contributed by atoms with Gasteiger partial charge in [-0.1, -0.05) is 80.4 Å². The lowest BCUT2D eigenvalue weighted by molar-refractivity contribution is 0.171. The molecule has 13 heteroatoms. The number of aromatic nitrogens is 5. The molecular formula is C38H44Cl2N8O3. The smallest absolute Gasteiger partial charge is 0.325 e. The number of pyridine rings is 1. The van der Waals surface area contributed by atoms with E-state index < -0.39 is 11.0 Å². The van der Waals surface area contributed by atoms with Gasteiger partial charge in [0.1, 0.15) is 17.7 Å². The minimum Gasteiger partial charge on any atom is -0.484 e. The maximum atomic E-state index is 14.2. The number of carbonyl (C=O) groups is 1. The van der Waals surface area contributed by atoms with Crippen molar-refractivity contribution in [1.82, 2.24) is 29.7 Å². The molecule has 11 nitrogen and oxygen atoms in total. The molecule has 3 atom stereocenters. The van der Waals surface area contributed by atoms with Crippen LogP contribution < -0.4 is 19.9 Å². The Bertz CT molecular complexity index is 2000. The van der Waals surface area contributed by atoms with Crippen LogP contribution in [-0.4, -0.2) is 53.1 Å². The lowest BCUT2D eigenvalue weighted by Gasteiger charge is -2.34. The highest BCUT2D eigenvalue weighted by molar-refractivity contribution is 6.46. The van der Waals surface area contributed by atoms with Gasteiger partial charge in [0.25, 0.3) is 0 Å². The number of anilines is 2. The molecule has 0 spiro atoms. The van der Waals surface area contributed by atoms with E-state index in [0.717, 1.165) is 59.1 Å². The van der Waals surface area contributed by atoms with Gasteiger partial charge in [0, 0.05) is 24.1 Å². The zero-order valence-corrected chi connectivity index (χ0v) is 30.8. The van der Waals surface area contributed by atoms with Gasteiger partial charge in [0.05, 0.1) is 30.2 Å². The first-order valence-electron chi connectivity index (χ1n) is 17.6. The monoisotopic (exact) mass is 730 g/mol. The summed E-state index contributed by atoms with van der Waals surface area (Å²) < 4.78 is 10.4. The van der Waals surface area contributed by atoms with Crippen molar-refractivity contribution in [2.45, 2.75) is 95.0 Å². The predicted molar refractivity (Wildman–Crippen MR) is 200 cm³/mol. The maximum absolute atomic E-state index is 14.2. The Labute approximate surface area is 308 Å². The fourth-order valence-corrected chi connectivity index (χ4v) is 7.44. The van der Waals surface area contributed by atoms with Crippen molar-refractivity contribution in [1.29, 1.82) is 0 Å². The van der Waals surface area contributed by atoms with Crippen LogP contribution in [0.1, 0.15) is 94.3 Å². The van der Waals surface area contributed by atoms with Crippen molar-refractivity contribution < 1.29 is 14.6 Å². The fourth-order valence-electron chi connectivity index (χ4n) is 7.06. The average Bonchev–Trinajstić information content (AvgIpc) is 3.75. The van der Waals surface area contributed by atoms with Crippen LogP contribution in [0, 0.1) is 0 Å². The second kappa shape index (κ2) is 14.4. The Morgan fingerprint density at radius 3 is 2.49 bits per heavy atom. The summed E-state index contributed by atoms with van der Waals surface area (Å²) in [5, 5.41) is 26.6. The maximum Gasteiger partial charge on any atom is 0.325 e. The van der Waals surface area contributed by atoms with E-state index in [-0.39, 0.29) is 24.2 Å². The minimum atomic E-state index is -1.20. The van der Waals surface area contributed by atoms with Crippen molar-refractivity contribution in [3.05, 3.63) is 95.3 Å². The lowest BCUT2D eigenvalue weighted by atomic mass is 9.85. The molecule has 4 heterocycles. The van der Waals surface area contributed by atoms with Gasteiger partial charge in [0.2, 0.25) is 5.95 Å². The van der Waals surface area contributed by atoms with Gasteiger partial charge in [-0.15, -0.1) is 10.2 Å². The number of ether oxygens (including phenoxy) is 1. The van der Waals surface area contributed by atoms with Crippen LogP contribution in [0.25, 0.3) is 11.3 Å². The van der Waals surface area contributed by atoms with Crippen molar-refractivity contribution in [2.24, 2.45) is 0 Å². The third kappa shape index (κ3) is 7.11. The predicted octanol–water partition coefficient (Wildman–Crippen LogP) is 8.02. The van der Waals surface area contributed by atoms with E-state index in [1.807, 2.05) is 71.3 Å². The number of fused-ring (bicyclic) bond motifs is 2. The number of rotatable bonds is 8. The normalized spacial score (nSPS) is 19.3. The molecule has 1 aliphatic carbocycles. The van der Waals surface area contributed by atoms with Gasteiger partial charge in [-0.2, -0.15) is 5.10 Å². The number of alkyl halides is 2. The SMILES string of the molecule is C[C@H]1CCCCN1c1nnc2ccc(O[C@@H]3CC[C@H](NC(=O)N(c4cc(C(C)(C)C)nn4-c4ccc(CO)cc4)C(Cl)Cl)c4ccccc43)cn12. The summed E-state index contributed by atoms with van der Waals surface area (Å²) in [4.78, 5) is 16.6. The van der Waals surface area contributed by atoms with Crippen LogP contribution in [0.15, 0.2) is 72.9 Å². The Hall–Kier alpha value is -4.32. The molecule has 268 valence electrons. The summed E-state index contributed by atoms with van der Waals surface area (Å²) in [5.74, 6) is 2.00. The molecule has 0 radical (unpaired) electrons. The summed E-state index contributed by atoms with van der Waals surface area (Å²) in [6.07, 6.45) is 6.57. The van der Waals surface area contributed by atoms with Crippen LogP contribution in [0.4, 0.5) is 16.6 Å². The first kappa shape index (κ1) is 35.1. The molecule has 1 saturated heterocycles. The van der Waals surface area contributed by atoms with Gasteiger partial charge in [0.15, 0.2) is 10.6 Å². The summed E-state index contributed by atoms with van der Waals surface area (Å²) in [5.41, 5.74) is 4.67. The minimum absolute atomic E-state index is 0.0788. The van der Waals surface area contributed by atoms with E-state index in [4.69, 9.17) is 33.0 Å². The summed E-state index contributed by atoms with van der Waals surface area (Å²) in [6.45, 7) is 9.28. The number of nitrogens with one attached hydrogen (secondary N) is 1. The Balaban J connectivity index is 1.14. The largest absolute Gasteiger partial charge is 0.484 e. The van der Waals surface area contributed by atoms with Crippen LogP contribution in [0.3, 0.4) is 0 Å². The van der Waals surface area contributed by atoms with E-state index in [9.17, 15) is 9.90 Å². The summed E-state index contributed by atoms with van der Waals surface area (Å²) in [6, 6.07) is 20.7. The number of halogens is 2. The number of carbonyl (C=O) groups excluding carboxylic acids is 1. The van der Waals surface area contributed by atoms with Gasteiger partial charge in [-0.25, -0.2) is 14.4 Å². The Morgan fingerprint density at radius 2 is 1.78 bits per heavy atom. The second-order valence-electron chi connectivity index (χ2n) is 14.5. The molecule has 0 unspecified atom stereocenters. The van der Waals surface area contributed by atoms with Crippen molar-refractivity contribution >= 4 is 46.6 Å². The summed E-state index contributed by atoms with van der Waals surface area (Å²) in [7, 11) is 0. The van der Waals surface area contributed by atoms with E-state index in [1.165, 1.54) is 11.3 Å². The molecule has 2 aliphatic rings. The molecule has 51 heavy (non-hydrogen) atoms. The molecule has 2 N–H and O–H groups in total. The average molecular weight is 732 g/mol. The number of aliphatic hydroxyl groups excluding tert-OH is 1. The van der Waals surface area contributed by atoms with Crippen LogP contribution in [-0.2, 0) is 12.0 Å². The number of benzene rings is 2. The quantitative estimate of drug-likeness (QED) is 0.123. The number of piperidine rings is 1. The number of urea groups is 1. The van der Waals surface area contributed by atoms with Gasteiger partial charge >= 0.3 is 6.03 Å². The number of hydrogen-bond donors (Lipinski definition) is 2. The van der Waals surface area contributed by atoms with Gasteiger partial charge in [-0.05, 0) is 80.0 Å². The van der Waals surface area contributed by atoms with E-state index in [2.05, 4.69) is 54.2 Å². The molecule has 2 amide bonds. The highest BCUT2D eigenvalue weighted by Gasteiger charge is 2.34. The third-order valence-corrected chi connectivity index (χ3v) is 10.3. The Kier molecular flexibility index (Phi) is 9.88. The molecule has 5 aromatic rings. The number of hydrogen-bond acceptors (Lipinski definition) is 7. The highest BCUT2D eigenvalue weighted by Crippen LogP contribution is 2.40. The molecule has 7 rings (SSSR count). The topological polar surface area (TPSA) is 113 Å². The molecule has 2 aromatic carbocycles. The molecule has 1 fully saturated rings. The van der Waals surface area contributed by atoms with Crippen LogP contribution in [0.5, 0.6) is 5.75 Å². The molecule has 1 aliphatic heterocycles. The van der Waals surface area contributed by atoms with Crippen molar-refractivity contribution in [3.63, 3.8) is 0 Å². The standard InChI is InChI=1S/C38H44Cl2N8O3/c1-24-9-7-8-20-45(24)36-43-42-33-19-16-27(22-46(33)36)51-31-18-17-30(28-10-5-6-11-29(28)31)41-37(50)47(35(39)40)34-21-32(38(2,3)4)44-48(34)26-14-12-25(23-49)13-15-26/h5-6,10-16,19,21-22,24,30-31,35,49H,7-9,17-18,20,23H2,1-4H3,(H,41,50)/t24-,30-,31+/m0/s1. The van der Waals surface area contributed by atoms with E-state index >= 15 is 0 Å². The van der Waals surface area contributed by atoms with Gasteiger partial charge in [-0.3, -0.25) is 4.40 Å². The van der Waals surface area contributed by atoms with Gasteiger partial charge < -0.3 is 20.1 Å². The number of aliphatic hydroxyl groups is 1. The third-order valence-electron chi connectivity index (χ3n) is 9.91. The molecule has 0 bridgehead atoms. The van der Waals surface area contributed by atoms with E-state index in [1.54, 1.807) is 4.68 Å². The highest BCUT2D eigenvalue weighted by atomic mass is 35.5. The fraction of sp³-hybridized carbons (Fsp3) is 0.421. The zero-order valence-electron chi connectivity index (χ0n) is 29.3. The van der Waals surface area contributed by atoms with Crippen molar-refractivity contribution in [3.8, 4) is 11.4 Å². The molecule has 3 aromatic heterocycles. The lowest BCUT2D eigenvalue weighted by Crippen LogP contribution is -2.45. The number of amides is 2. The molecule has 0 saturated carbocycles. The van der Waals surface area contributed by atoms with Crippen molar-refractivity contribution in [2.75, 3.05) is 16.3 Å². The van der Waals surface area contributed by atoms with Crippen LogP contribution in [0.2, 0.25) is 0 Å².